The molecule has 0 aliphatic carbocycles. The summed E-state index contributed by atoms with van der Waals surface area (Å²) in [6.45, 7) is 4.00. The van der Waals surface area contributed by atoms with E-state index in [4.69, 9.17) is 5.21 Å². The minimum Gasteiger partial charge on any atom is -0.411 e. The Labute approximate surface area is 65.6 Å². The zero-order valence-electron chi connectivity index (χ0n) is 6.60. The largest absolute Gasteiger partial charge is 0.411 e. The number of hydrogen-bond donors (Lipinski definition) is 1. The zero-order valence-corrected chi connectivity index (χ0v) is 6.60. The molecule has 1 N–H and O–H groups in total. The predicted octanol–water partition coefficient (Wildman–Crippen LogP) is 1.31. The third-order valence-corrected chi connectivity index (χ3v) is 0.795. The lowest BCUT2D eigenvalue weighted by Gasteiger charge is -1.84. The molecule has 1 heterocycles. The Bertz CT molecular complexity index is 198. The molecule has 4 nitrogen and oxygen atoms in total. The quantitative estimate of drug-likeness (QED) is 0.376. The van der Waals surface area contributed by atoms with Crippen LogP contribution in [0.15, 0.2) is 23.7 Å². The van der Waals surface area contributed by atoms with Crippen molar-refractivity contribution in [2.75, 3.05) is 0 Å². The highest BCUT2D eigenvalue weighted by molar-refractivity contribution is 5.75. The smallest absolute Gasteiger partial charge is 0.116 e. The summed E-state index contributed by atoms with van der Waals surface area (Å²) in [7, 11) is 0. The van der Waals surface area contributed by atoms with Crippen molar-refractivity contribution >= 4 is 6.21 Å². The lowest BCUT2D eigenvalue weighted by molar-refractivity contribution is 0.321. The van der Waals surface area contributed by atoms with Gasteiger partial charge in [0.25, 0.3) is 0 Å². The van der Waals surface area contributed by atoms with Crippen molar-refractivity contribution in [3.8, 4) is 0 Å². The first-order chi connectivity index (χ1) is 5.43. The minimum atomic E-state index is 0.590. The van der Waals surface area contributed by atoms with Crippen molar-refractivity contribution in [2.45, 2.75) is 13.8 Å². The molecule has 0 amide bonds. The highest BCUT2D eigenvalue weighted by atomic mass is 16.4. The van der Waals surface area contributed by atoms with Gasteiger partial charge in [-0.3, -0.25) is 0 Å². The Kier molecular flexibility index (Phi) is 5.79. The molecule has 0 bridgehead atoms. The van der Waals surface area contributed by atoms with Crippen LogP contribution in [0, 0.1) is 0 Å². The van der Waals surface area contributed by atoms with E-state index in [1.54, 1.807) is 12.3 Å². The Balaban J connectivity index is 0.000000461. The lowest BCUT2D eigenvalue weighted by Crippen LogP contribution is -1.85. The molecule has 0 aromatic carbocycles. The number of aromatic nitrogens is 2. The number of nitrogens with zero attached hydrogens (tertiary/aromatic N) is 3. The molecule has 1 aromatic rings. The Hall–Kier alpha value is -1.45. The van der Waals surface area contributed by atoms with Gasteiger partial charge in [-0.1, -0.05) is 19.0 Å². The van der Waals surface area contributed by atoms with Crippen LogP contribution in [0.3, 0.4) is 0 Å². The summed E-state index contributed by atoms with van der Waals surface area (Å²) in [5, 5.41) is 10.8. The summed E-state index contributed by atoms with van der Waals surface area (Å²) in [5.74, 6) is 0. The van der Waals surface area contributed by atoms with Gasteiger partial charge in [0.2, 0.25) is 0 Å². The van der Waals surface area contributed by atoms with Gasteiger partial charge in [-0.2, -0.15) is 0 Å². The van der Waals surface area contributed by atoms with Crippen molar-refractivity contribution < 1.29 is 5.21 Å². The summed E-state index contributed by atoms with van der Waals surface area (Å²) in [4.78, 5) is 7.42. The Morgan fingerprint density at radius 3 is 2.73 bits per heavy atom. The maximum Gasteiger partial charge on any atom is 0.116 e. The molecule has 60 valence electrons. The molecule has 0 saturated carbocycles. The fourth-order valence-electron chi connectivity index (χ4n) is 0.436. The molecular weight excluding hydrogens is 142 g/mol. The van der Waals surface area contributed by atoms with Crippen molar-refractivity contribution in [1.29, 1.82) is 0 Å². The Morgan fingerprint density at radius 1 is 1.55 bits per heavy atom. The molecule has 0 aliphatic rings. The van der Waals surface area contributed by atoms with Crippen LogP contribution in [-0.2, 0) is 0 Å². The molecule has 0 unspecified atom stereocenters. The molecule has 0 fully saturated rings. The summed E-state index contributed by atoms with van der Waals surface area (Å²) in [6, 6.07) is 1.64. The first kappa shape index (κ1) is 9.55. The highest BCUT2D eigenvalue weighted by Gasteiger charge is 1.82. The van der Waals surface area contributed by atoms with Crippen molar-refractivity contribution in [1.82, 2.24) is 9.97 Å². The second-order valence-electron chi connectivity index (χ2n) is 1.38. The van der Waals surface area contributed by atoms with Gasteiger partial charge in [0.05, 0.1) is 11.9 Å². The van der Waals surface area contributed by atoms with E-state index < -0.39 is 0 Å². The molecule has 0 atom stereocenters. The molecule has 0 saturated heterocycles. The topological polar surface area (TPSA) is 58.4 Å². The molecule has 1 aromatic heterocycles. The normalized spacial score (nSPS) is 8.91. The summed E-state index contributed by atoms with van der Waals surface area (Å²) in [5.41, 5.74) is 0.590. The van der Waals surface area contributed by atoms with Gasteiger partial charge in [-0.15, -0.1) is 0 Å². The van der Waals surface area contributed by atoms with Crippen LogP contribution in [0.2, 0.25) is 0 Å². The van der Waals surface area contributed by atoms with Crippen molar-refractivity contribution in [2.24, 2.45) is 5.16 Å². The number of oxime groups is 1. The van der Waals surface area contributed by atoms with Gasteiger partial charge in [-0.25, -0.2) is 9.97 Å². The van der Waals surface area contributed by atoms with E-state index in [2.05, 4.69) is 15.1 Å². The third kappa shape index (κ3) is 4.02. The fourth-order valence-corrected chi connectivity index (χ4v) is 0.436. The van der Waals surface area contributed by atoms with Crippen LogP contribution >= 0.6 is 0 Å². The van der Waals surface area contributed by atoms with Crippen LogP contribution in [-0.4, -0.2) is 21.4 Å². The van der Waals surface area contributed by atoms with E-state index >= 15 is 0 Å². The molecular formula is C7H11N3O. The predicted molar refractivity (Wildman–Crippen MR) is 42.8 cm³/mol. The standard InChI is InChI=1S/C5H5N3O.C2H6/c9-8-3-5-1-2-6-4-7-5;1-2/h1-4,9H;1-2H3/b8-3-;. The van der Waals surface area contributed by atoms with Gasteiger partial charge in [0.15, 0.2) is 0 Å². The SMILES string of the molecule is CC.O/N=C\c1ccncn1. The second kappa shape index (κ2) is 6.67. The number of hydrogen-bond acceptors (Lipinski definition) is 4. The lowest BCUT2D eigenvalue weighted by atomic mass is 10.4. The average molecular weight is 153 g/mol. The van der Waals surface area contributed by atoms with E-state index in [-0.39, 0.29) is 0 Å². The van der Waals surface area contributed by atoms with Crippen molar-refractivity contribution in [3.05, 3.63) is 24.3 Å². The first-order valence-electron chi connectivity index (χ1n) is 3.37. The minimum absolute atomic E-state index is 0.590. The van der Waals surface area contributed by atoms with Crippen LogP contribution in [0.5, 0.6) is 0 Å². The fraction of sp³-hybridized carbons (Fsp3) is 0.286. The van der Waals surface area contributed by atoms with Crippen LogP contribution in [0.1, 0.15) is 19.5 Å². The average Bonchev–Trinajstić information content (AvgIpc) is 2.11. The molecule has 11 heavy (non-hydrogen) atoms. The van der Waals surface area contributed by atoms with Gasteiger partial charge < -0.3 is 5.21 Å². The summed E-state index contributed by atoms with van der Waals surface area (Å²) in [6.07, 6.45) is 4.20. The second-order valence-corrected chi connectivity index (χ2v) is 1.38. The van der Waals surface area contributed by atoms with E-state index in [1.165, 1.54) is 12.5 Å². The molecule has 4 heteroatoms. The molecule has 0 radical (unpaired) electrons. The van der Waals surface area contributed by atoms with Crippen LogP contribution in [0.4, 0.5) is 0 Å². The number of rotatable bonds is 1. The summed E-state index contributed by atoms with van der Waals surface area (Å²) < 4.78 is 0. The Morgan fingerprint density at radius 2 is 2.27 bits per heavy atom. The molecule has 0 aliphatic heterocycles. The van der Waals surface area contributed by atoms with Crippen molar-refractivity contribution in [3.63, 3.8) is 0 Å². The summed E-state index contributed by atoms with van der Waals surface area (Å²) >= 11 is 0. The van der Waals surface area contributed by atoms with E-state index in [0.717, 1.165) is 0 Å². The van der Waals surface area contributed by atoms with Gasteiger partial charge in [0, 0.05) is 6.20 Å². The van der Waals surface area contributed by atoms with Crippen LogP contribution in [0.25, 0.3) is 0 Å². The van der Waals surface area contributed by atoms with Gasteiger partial charge in [-0.05, 0) is 6.07 Å². The maximum atomic E-state index is 8.03. The van der Waals surface area contributed by atoms with E-state index in [1.807, 2.05) is 13.8 Å². The van der Waals surface area contributed by atoms with E-state index in [9.17, 15) is 0 Å². The first-order valence-corrected chi connectivity index (χ1v) is 3.37. The van der Waals surface area contributed by atoms with E-state index in [0.29, 0.717) is 5.69 Å². The third-order valence-electron chi connectivity index (χ3n) is 0.795. The maximum absolute atomic E-state index is 8.03. The van der Waals surface area contributed by atoms with Gasteiger partial charge in [0.1, 0.15) is 6.33 Å². The van der Waals surface area contributed by atoms with Gasteiger partial charge >= 0.3 is 0 Å². The zero-order chi connectivity index (χ0) is 8.53. The monoisotopic (exact) mass is 153 g/mol. The van der Waals surface area contributed by atoms with Crippen LogP contribution < -0.4 is 0 Å². The molecule has 0 spiro atoms. The highest BCUT2D eigenvalue weighted by Crippen LogP contribution is 1.83. The molecule has 1 rings (SSSR count).